The van der Waals surface area contributed by atoms with Gasteiger partial charge in [-0.05, 0) is 31.2 Å². The first kappa shape index (κ1) is 17.4. The number of anilines is 1. The quantitative estimate of drug-likeness (QED) is 0.821. The minimum atomic E-state index is -3.26. The summed E-state index contributed by atoms with van der Waals surface area (Å²) in [6, 6.07) is 9.41. The molecule has 0 N–H and O–H groups in total. The fourth-order valence-electron chi connectivity index (χ4n) is 4.07. The van der Waals surface area contributed by atoms with Crippen LogP contribution in [0.4, 0.5) is 5.82 Å². The lowest BCUT2D eigenvalue weighted by molar-refractivity contribution is 0.452. The highest BCUT2D eigenvalue weighted by Crippen LogP contribution is 2.36. The van der Waals surface area contributed by atoms with Gasteiger partial charge in [0.25, 0.3) is 0 Å². The summed E-state index contributed by atoms with van der Waals surface area (Å²) in [6.45, 7) is 6.99. The van der Waals surface area contributed by atoms with Crippen molar-refractivity contribution in [2.45, 2.75) is 19.6 Å². The SMILES string of the molecule is Cc1ncnc(N2CC3CN(S(=O)(=O)Cc4ccccc4)CC3C2)c1C. The van der Waals surface area contributed by atoms with E-state index in [1.54, 1.807) is 10.6 Å². The van der Waals surface area contributed by atoms with E-state index in [9.17, 15) is 8.42 Å². The molecule has 1 aromatic heterocycles. The zero-order valence-corrected chi connectivity index (χ0v) is 16.0. The smallest absolute Gasteiger partial charge is 0.218 e. The second kappa shape index (κ2) is 6.63. The number of benzene rings is 1. The summed E-state index contributed by atoms with van der Waals surface area (Å²) in [7, 11) is -3.26. The molecule has 26 heavy (non-hydrogen) atoms. The topological polar surface area (TPSA) is 66.4 Å². The van der Waals surface area contributed by atoms with E-state index in [-0.39, 0.29) is 5.75 Å². The molecule has 138 valence electrons. The first-order valence-electron chi connectivity index (χ1n) is 8.99. The fourth-order valence-corrected chi connectivity index (χ4v) is 5.70. The molecule has 0 amide bonds. The predicted octanol–water partition coefficient (Wildman–Crippen LogP) is 1.99. The van der Waals surface area contributed by atoms with Gasteiger partial charge in [-0.3, -0.25) is 0 Å². The highest BCUT2D eigenvalue weighted by atomic mass is 32.2. The average Bonchev–Trinajstić information content (AvgIpc) is 3.17. The molecule has 2 aromatic rings. The molecule has 6 nitrogen and oxygen atoms in total. The number of nitrogens with zero attached hydrogens (tertiary/aromatic N) is 4. The van der Waals surface area contributed by atoms with Gasteiger partial charge in [-0.25, -0.2) is 22.7 Å². The molecule has 2 saturated heterocycles. The summed E-state index contributed by atoms with van der Waals surface area (Å²) in [5.41, 5.74) is 2.96. The highest BCUT2D eigenvalue weighted by Gasteiger charge is 2.44. The molecule has 4 rings (SSSR count). The Bertz CT molecular complexity index is 887. The van der Waals surface area contributed by atoms with Crippen LogP contribution in [0.3, 0.4) is 0 Å². The summed E-state index contributed by atoms with van der Waals surface area (Å²) >= 11 is 0. The number of sulfonamides is 1. The maximum Gasteiger partial charge on any atom is 0.218 e. The molecule has 0 radical (unpaired) electrons. The molecule has 7 heteroatoms. The molecule has 0 aliphatic carbocycles. The summed E-state index contributed by atoms with van der Waals surface area (Å²) in [5, 5.41) is 0. The van der Waals surface area contributed by atoms with Gasteiger partial charge in [0.15, 0.2) is 0 Å². The third-order valence-electron chi connectivity index (χ3n) is 5.65. The fraction of sp³-hybridized carbons (Fsp3) is 0.474. The lowest BCUT2D eigenvalue weighted by atomic mass is 10.0. The number of fused-ring (bicyclic) bond motifs is 1. The van der Waals surface area contributed by atoms with E-state index >= 15 is 0 Å². The molecule has 2 fully saturated rings. The van der Waals surface area contributed by atoms with Crippen molar-refractivity contribution < 1.29 is 8.42 Å². The minimum absolute atomic E-state index is 0.0845. The molecular formula is C19H24N4O2S. The van der Waals surface area contributed by atoms with Gasteiger partial charge in [0.05, 0.1) is 5.75 Å². The van der Waals surface area contributed by atoms with E-state index in [1.165, 1.54) is 0 Å². The Morgan fingerprint density at radius 2 is 1.65 bits per heavy atom. The van der Waals surface area contributed by atoms with Crippen molar-refractivity contribution in [1.82, 2.24) is 14.3 Å². The molecule has 3 heterocycles. The van der Waals surface area contributed by atoms with Crippen LogP contribution in [0.1, 0.15) is 16.8 Å². The molecule has 0 spiro atoms. The van der Waals surface area contributed by atoms with E-state index in [0.717, 1.165) is 35.7 Å². The second-order valence-corrected chi connectivity index (χ2v) is 9.36. The number of aromatic nitrogens is 2. The Kier molecular flexibility index (Phi) is 4.44. The van der Waals surface area contributed by atoms with Crippen molar-refractivity contribution in [2.75, 3.05) is 31.1 Å². The van der Waals surface area contributed by atoms with Crippen LogP contribution in [0.2, 0.25) is 0 Å². The van der Waals surface area contributed by atoms with Gasteiger partial charge in [-0.15, -0.1) is 0 Å². The van der Waals surface area contributed by atoms with Crippen LogP contribution < -0.4 is 4.90 Å². The summed E-state index contributed by atoms with van der Waals surface area (Å²) in [6.07, 6.45) is 1.61. The monoisotopic (exact) mass is 372 g/mol. The van der Waals surface area contributed by atoms with Gasteiger partial charge in [-0.1, -0.05) is 30.3 Å². The molecule has 1 aromatic carbocycles. The summed E-state index contributed by atoms with van der Waals surface area (Å²) in [4.78, 5) is 11.0. The maximum atomic E-state index is 12.8. The van der Waals surface area contributed by atoms with Crippen molar-refractivity contribution >= 4 is 15.8 Å². The maximum absolute atomic E-state index is 12.8. The Morgan fingerprint density at radius 1 is 1.00 bits per heavy atom. The van der Waals surface area contributed by atoms with Crippen LogP contribution in [0.15, 0.2) is 36.7 Å². The van der Waals surface area contributed by atoms with Crippen molar-refractivity contribution in [3.8, 4) is 0 Å². The van der Waals surface area contributed by atoms with Gasteiger partial charge in [0.1, 0.15) is 12.1 Å². The lowest BCUT2D eigenvalue weighted by Crippen LogP contribution is -2.34. The molecule has 0 saturated carbocycles. The zero-order chi connectivity index (χ0) is 18.3. The van der Waals surface area contributed by atoms with Gasteiger partial charge >= 0.3 is 0 Å². The van der Waals surface area contributed by atoms with E-state index < -0.39 is 10.0 Å². The highest BCUT2D eigenvalue weighted by molar-refractivity contribution is 7.88. The Labute approximate surface area is 154 Å². The molecular weight excluding hydrogens is 348 g/mol. The molecule has 2 atom stereocenters. The number of hydrogen-bond donors (Lipinski definition) is 0. The van der Waals surface area contributed by atoms with Crippen molar-refractivity contribution in [3.63, 3.8) is 0 Å². The van der Waals surface area contributed by atoms with Crippen LogP contribution in [0.5, 0.6) is 0 Å². The first-order valence-corrected chi connectivity index (χ1v) is 10.6. The van der Waals surface area contributed by atoms with E-state index in [2.05, 4.69) is 21.8 Å². The Hall–Kier alpha value is -1.99. The number of rotatable bonds is 4. The molecule has 2 unspecified atom stereocenters. The second-order valence-electron chi connectivity index (χ2n) is 7.39. The summed E-state index contributed by atoms with van der Waals surface area (Å²) < 4.78 is 27.2. The third-order valence-corrected chi connectivity index (χ3v) is 7.43. The van der Waals surface area contributed by atoms with Crippen molar-refractivity contribution in [3.05, 3.63) is 53.5 Å². The molecule has 0 bridgehead atoms. The van der Waals surface area contributed by atoms with E-state index in [1.807, 2.05) is 37.3 Å². The number of aryl methyl sites for hydroxylation is 1. The van der Waals surface area contributed by atoms with Crippen molar-refractivity contribution in [2.24, 2.45) is 11.8 Å². The Balaban J connectivity index is 1.44. The normalized spacial score (nSPS) is 23.4. The third kappa shape index (κ3) is 3.21. The van der Waals surface area contributed by atoms with Crippen molar-refractivity contribution in [1.29, 1.82) is 0 Å². The van der Waals surface area contributed by atoms with Gasteiger partial charge in [0.2, 0.25) is 10.0 Å². The largest absolute Gasteiger partial charge is 0.356 e. The zero-order valence-electron chi connectivity index (χ0n) is 15.2. The van der Waals surface area contributed by atoms with Crippen LogP contribution in [-0.4, -0.2) is 48.9 Å². The standard InChI is InChI=1S/C19H24N4O2S/c1-14-15(2)20-13-21-19(14)22-8-17-10-23(11-18(17)9-22)26(24,25)12-16-6-4-3-5-7-16/h3-7,13,17-18H,8-12H2,1-2H3. The van der Waals surface area contributed by atoms with Crippen LogP contribution in [0, 0.1) is 25.7 Å². The predicted molar refractivity (Wildman–Crippen MR) is 101 cm³/mol. The first-order chi connectivity index (χ1) is 12.4. The van der Waals surface area contributed by atoms with Gasteiger partial charge in [0, 0.05) is 37.4 Å². The van der Waals surface area contributed by atoms with Crippen LogP contribution >= 0.6 is 0 Å². The van der Waals surface area contributed by atoms with Crippen LogP contribution in [0.25, 0.3) is 0 Å². The van der Waals surface area contributed by atoms with Gasteiger partial charge < -0.3 is 4.90 Å². The van der Waals surface area contributed by atoms with Crippen LogP contribution in [-0.2, 0) is 15.8 Å². The van der Waals surface area contributed by atoms with E-state index in [4.69, 9.17) is 0 Å². The number of hydrogen-bond acceptors (Lipinski definition) is 5. The van der Waals surface area contributed by atoms with Gasteiger partial charge in [-0.2, -0.15) is 0 Å². The lowest BCUT2D eigenvalue weighted by Gasteiger charge is -2.23. The average molecular weight is 372 g/mol. The Morgan fingerprint density at radius 3 is 2.31 bits per heavy atom. The molecule has 2 aliphatic rings. The van der Waals surface area contributed by atoms with E-state index in [0.29, 0.717) is 24.9 Å². The molecule has 2 aliphatic heterocycles. The minimum Gasteiger partial charge on any atom is -0.356 e. The summed E-state index contributed by atoms with van der Waals surface area (Å²) in [5.74, 6) is 1.82.